The molecule has 0 spiro atoms. The van der Waals surface area contributed by atoms with E-state index in [0.29, 0.717) is 18.4 Å². The first-order valence-corrected chi connectivity index (χ1v) is 5.56. The van der Waals surface area contributed by atoms with E-state index in [0.717, 1.165) is 18.9 Å². The minimum atomic E-state index is -0.289. The Hall–Kier alpha value is -1.43. The van der Waals surface area contributed by atoms with Gasteiger partial charge in [0.15, 0.2) is 5.82 Å². The molecule has 1 saturated heterocycles. The predicted molar refractivity (Wildman–Crippen MR) is 54.6 cm³/mol. The second-order valence-corrected chi connectivity index (χ2v) is 4.62. The maximum atomic E-state index is 10.7. The summed E-state index contributed by atoms with van der Waals surface area (Å²) < 4.78 is 5.22. The Morgan fingerprint density at radius 2 is 2.19 bits per heavy atom. The minimum absolute atomic E-state index is 0.277. The Labute approximate surface area is 92.8 Å². The molecule has 2 N–H and O–H groups in total. The summed E-state index contributed by atoms with van der Waals surface area (Å²) >= 11 is 0. The molecule has 2 heterocycles. The SMILES string of the molecule is NC(=O)CN1CC(c2nc(C3CC3)no2)C1. The number of likely N-dealkylation sites (tertiary alicyclic amines) is 1. The Bertz CT molecular complexity index is 407. The predicted octanol–water partition coefficient (Wildman–Crippen LogP) is -0.168. The molecule has 1 saturated carbocycles. The van der Waals surface area contributed by atoms with Gasteiger partial charge in [0.1, 0.15) is 0 Å². The van der Waals surface area contributed by atoms with Crippen LogP contribution in [0.5, 0.6) is 0 Å². The summed E-state index contributed by atoms with van der Waals surface area (Å²) in [6, 6.07) is 0. The molecule has 1 amide bonds. The standard InChI is InChI=1S/C10H14N4O2/c11-8(15)5-14-3-7(4-14)10-12-9(13-16-10)6-1-2-6/h6-7H,1-5H2,(H2,11,15). The van der Waals surface area contributed by atoms with Gasteiger partial charge in [-0.15, -0.1) is 0 Å². The number of hydrogen-bond donors (Lipinski definition) is 1. The molecule has 1 aliphatic carbocycles. The number of amides is 1. The Kier molecular flexibility index (Phi) is 2.17. The molecule has 0 radical (unpaired) electrons. The molecule has 1 aromatic heterocycles. The molecular formula is C10H14N4O2. The number of rotatable bonds is 4. The number of nitrogens with two attached hydrogens (primary N) is 1. The zero-order chi connectivity index (χ0) is 11.1. The van der Waals surface area contributed by atoms with E-state index in [1.54, 1.807) is 0 Å². The molecule has 1 aromatic rings. The van der Waals surface area contributed by atoms with Crippen LogP contribution in [0.3, 0.4) is 0 Å². The maximum absolute atomic E-state index is 10.7. The fourth-order valence-electron chi connectivity index (χ4n) is 2.00. The van der Waals surface area contributed by atoms with Crippen molar-refractivity contribution in [3.63, 3.8) is 0 Å². The lowest BCUT2D eigenvalue weighted by Gasteiger charge is -2.35. The zero-order valence-corrected chi connectivity index (χ0v) is 8.93. The van der Waals surface area contributed by atoms with Gasteiger partial charge in [-0.05, 0) is 12.8 Å². The zero-order valence-electron chi connectivity index (χ0n) is 8.93. The smallest absolute Gasteiger partial charge is 0.232 e. The molecule has 16 heavy (non-hydrogen) atoms. The highest BCUT2D eigenvalue weighted by atomic mass is 16.5. The highest BCUT2D eigenvalue weighted by Gasteiger charge is 2.35. The van der Waals surface area contributed by atoms with E-state index >= 15 is 0 Å². The molecule has 2 fully saturated rings. The summed E-state index contributed by atoms with van der Waals surface area (Å²) in [5, 5.41) is 3.97. The Morgan fingerprint density at radius 3 is 2.81 bits per heavy atom. The van der Waals surface area contributed by atoms with Gasteiger partial charge < -0.3 is 10.3 Å². The second-order valence-electron chi connectivity index (χ2n) is 4.62. The molecule has 0 unspecified atom stereocenters. The van der Waals surface area contributed by atoms with Gasteiger partial charge in [-0.3, -0.25) is 9.69 Å². The average Bonchev–Trinajstić information content (AvgIpc) is 2.91. The van der Waals surface area contributed by atoms with Crippen LogP contribution in [0.2, 0.25) is 0 Å². The highest BCUT2D eigenvalue weighted by Crippen LogP contribution is 2.39. The van der Waals surface area contributed by atoms with Crippen molar-refractivity contribution in [1.29, 1.82) is 0 Å². The lowest BCUT2D eigenvalue weighted by Crippen LogP contribution is -2.48. The van der Waals surface area contributed by atoms with Gasteiger partial charge in [-0.2, -0.15) is 4.98 Å². The van der Waals surface area contributed by atoms with E-state index in [1.165, 1.54) is 12.8 Å². The minimum Gasteiger partial charge on any atom is -0.369 e. The van der Waals surface area contributed by atoms with Crippen molar-refractivity contribution in [2.24, 2.45) is 5.73 Å². The number of primary amides is 1. The first kappa shape index (κ1) is 9.77. The fourth-order valence-corrected chi connectivity index (χ4v) is 2.00. The van der Waals surface area contributed by atoms with Gasteiger partial charge in [0.25, 0.3) is 0 Å². The molecular weight excluding hydrogens is 208 g/mol. The highest BCUT2D eigenvalue weighted by molar-refractivity contribution is 5.76. The van der Waals surface area contributed by atoms with Crippen LogP contribution in [0.4, 0.5) is 0 Å². The van der Waals surface area contributed by atoms with E-state index in [4.69, 9.17) is 10.3 Å². The van der Waals surface area contributed by atoms with E-state index in [1.807, 2.05) is 4.90 Å². The van der Waals surface area contributed by atoms with Crippen LogP contribution in [0, 0.1) is 0 Å². The van der Waals surface area contributed by atoms with E-state index in [2.05, 4.69) is 10.1 Å². The van der Waals surface area contributed by atoms with Crippen LogP contribution >= 0.6 is 0 Å². The van der Waals surface area contributed by atoms with Gasteiger partial charge in [0, 0.05) is 19.0 Å². The maximum Gasteiger partial charge on any atom is 0.232 e. The van der Waals surface area contributed by atoms with Crippen molar-refractivity contribution in [3.05, 3.63) is 11.7 Å². The molecule has 0 aromatic carbocycles. The summed E-state index contributed by atoms with van der Waals surface area (Å²) in [4.78, 5) is 17.0. The third kappa shape index (κ3) is 1.80. The average molecular weight is 222 g/mol. The molecule has 86 valence electrons. The molecule has 0 bridgehead atoms. The molecule has 1 aliphatic heterocycles. The first-order chi connectivity index (χ1) is 7.72. The van der Waals surface area contributed by atoms with Crippen molar-refractivity contribution < 1.29 is 9.32 Å². The third-order valence-electron chi connectivity index (χ3n) is 3.09. The lowest BCUT2D eigenvalue weighted by molar-refractivity contribution is -0.120. The van der Waals surface area contributed by atoms with Crippen LogP contribution < -0.4 is 5.73 Å². The van der Waals surface area contributed by atoms with Crippen molar-refractivity contribution in [2.75, 3.05) is 19.6 Å². The second kappa shape index (κ2) is 3.55. The van der Waals surface area contributed by atoms with Gasteiger partial charge >= 0.3 is 0 Å². The number of hydrogen-bond acceptors (Lipinski definition) is 5. The molecule has 6 heteroatoms. The van der Waals surface area contributed by atoms with Crippen LogP contribution in [0.15, 0.2) is 4.52 Å². The summed E-state index contributed by atoms with van der Waals surface area (Å²) in [6.07, 6.45) is 2.36. The monoisotopic (exact) mass is 222 g/mol. The summed E-state index contributed by atoms with van der Waals surface area (Å²) in [5.41, 5.74) is 5.11. The number of carbonyl (C=O) groups is 1. The summed E-state index contributed by atoms with van der Waals surface area (Å²) in [5.74, 6) is 2.08. The van der Waals surface area contributed by atoms with Crippen LogP contribution in [0.25, 0.3) is 0 Å². The van der Waals surface area contributed by atoms with Gasteiger partial charge in [0.2, 0.25) is 11.8 Å². The lowest BCUT2D eigenvalue weighted by atomic mass is 10.0. The first-order valence-electron chi connectivity index (χ1n) is 5.56. The van der Waals surface area contributed by atoms with Crippen molar-refractivity contribution >= 4 is 5.91 Å². The Morgan fingerprint density at radius 1 is 1.44 bits per heavy atom. The molecule has 6 nitrogen and oxygen atoms in total. The molecule has 3 rings (SSSR count). The summed E-state index contributed by atoms with van der Waals surface area (Å²) in [7, 11) is 0. The third-order valence-corrected chi connectivity index (χ3v) is 3.09. The van der Waals surface area contributed by atoms with Gasteiger partial charge in [0.05, 0.1) is 12.5 Å². The van der Waals surface area contributed by atoms with Crippen LogP contribution in [0.1, 0.15) is 36.4 Å². The quantitative estimate of drug-likeness (QED) is 0.764. The molecule has 2 aliphatic rings. The van der Waals surface area contributed by atoms with Crippen molar-refractivity contribution in [3.8, 4) is 0 Å². The number of carbonyl (C=O) groups excluding carboxylic acids is 1. The fraction of sp³-hybridized carbons (Fsp3) is 0.700. The van der Waals surface area contributed by atoms with Crippen molar-refractivity contribution in [2.45, 2.75) is 24.7 Å². The van der Waals surface area contributed by atoms with E-state index in [9.17, 15) is 4.79 Å². The molecule has 0 atom stereocenters. The van der Waals surface area contributed by atoms with Gasteiger partial charge in [-0.1, -0.05) is 5.16 Å². The Balaban J connectivity index is 1.56. The van der Waals surface area contributed by atoms with Gasteiger partial charge in [-0.25, -0.2) is 0 Å². The van der Waals surface area contributed by atoms with E-state index in [-0.39, 0.29) is 11.8 Å². The van der Waals surface area contributed by atoms with Crippen LogP contribution in [-0.4, -0.2) is 40.6 Å². The van der Waals surface area contributed by atoms with Crippen molar-refractivity contribution in [1.82, 2.24) is 15.0 Å². The largest absolute Gasteiger partial charge is 0.369 e. The van der Waals surface area contributed by atoms with Crippen LogP contribution in [-0.2, 0) is 4.79 Å². The topological polar surface area (TPSA) is 85.3 Å². The number of aromatic nitrogens is 2. The van der Waals surface area contributed by atoms with E-state index < -0.39 is 0 Å². The number of nitrogens with zero attached hydrogens (tertiary/aromatic N) is 3. The normalized spacial score (nSPS) is 22.0. The summed E-state index contributed by atoms with van der Waals surface area (Å²) in [6.45, 7) is 1.89.